The number of methoxy groups -OCH3 is 2. The molecule has 1 saturated heterocycles. The van der Waals surface area contributed by atoms with Gasteiger partial charge in [-0.15, -0.1) is 11.8 Å². The molecule has 1 aliphatic rings. The summed E-state index contributed by atoms with van der Waals surface area (Å²) in [4.78, 5) is 14.0. The molecule has 1 aliphatic heterocycles. The van der Waals surface area contributed by atoms with E-state index in [9.17, 15) is 4.79 Å². The maximum atomic E-state index is 12.8. The molecule has 2 unspecified atom stereocenters. The summed E-state index contributed by atoms with van der Waals surface area (Å²) < 4.78 is 16.2. The number of nitrogens with zero attached hydrogens (tertiary/aromatic N) is 1. The molecular weight excluding hydrogens is 462 g/mol. The quantitative estimate of drug-likeness (QED) is 0.380. The Kier molecular flexibility index (Phi) is 9.08. The standard InChI is InChI=1S/C27H33N3O4S/c1-32-25-9-8-19(12-26(25)33-2)16-29-27(31)14-20-10-11-28-17-21(20)13-22-15-23(34-30-22)18-35-24-6-4-3-5-7-24/h3-9,12,15,20-21,28H,10-11,13-14,16-18H2,1-2H3,(H,29,31). The van der Waals surface area contributed by atoms with Crippen molar-refractivity contribution in [3.63, 3.8) is 0 Å². The van der Waals surface area contributed by atoms with Crippen LogP contribution in [0.4, 0.5) is 0 Å². The average molecular weight is 496 g/mol. The number of rotatable bonds is 11. The number of aromatic nitrogens is 1. The highest BCUT2D eigenvalue weighted by atomic mass is 32.2. The molecule has 7 nitrogen and oxygen atoms in total. The van der Waals surface area contributed by atoms with Crippen molar-refractivity contribution in [1.29, 1.82) is 0 Å². The van der Waals surface area contributed by atoms with Crippen molar-refractivity contribution >= 4 is 17.7 Å². The normalized spacial score (nSPS) is 17.7. The van der Waals surface area contributed by atoms with Gasteiger partial charge in [-0.25, -0.2) is 0 Å². The molecule has 0 saturated carbocycles. The second-order valence-electron chi connectivity index (χ2n) is 8.77. The third-order valence-corrected chi connectivity index (χ3v) is 7.39. The van der Waals surface area contributed by atoms with E-state index in [1.165, 1.54) is 4.90 Å². The van der Waals surface area contributed by atoms with Crippen LogP contribution in [0.25, 0.3) is 0 Å². The number of amides is 1. The van der Waals surface area contributed by atoms with Crippen LogP contribution in [0, 0.1) is 11.8 Å². The Morgan fingerprint density at radius 1 is 1.11 bits per heavy atom. The molecule has 1 fully saturated rings. The lowest BCUT2D eigenvalue weighted by atomic mass is 9.81. The van der Waals surface area contributed by atoms with Gasteiger partial charge in [0.05, 0.1) is 25.7 Å². The van der Waals surface area contributed by atoms with Crippen molar-refractivity contribution in [2.24, 2.45) is 11.8 Å². The molecule has 0 bridgehead atoms. The Morgan fingerprint density at radius 2 is 1.94 bits per heavy atom. The van der Waals surface area contributed by atoms with Gasteiger partial charge in [0, 0.05) is 23.9 Å². The van der Waals surface area contributed by atoms with Gasteiger partial charge in [-0.05, 0) is 67.6 Å². The Bertz CT molecular complexity index is 1090. The zero-order valence-electron chi connectivity index (χ0n) is 20.3. The van der Waals surface area contributed by atoms with Crippen molar-refractivity contribution in [2.75, 3.05) is 27.3 Å². The van der Waals surface area contributed by atoms with Crippen LogP contribution in [-0.2, 0) is 23.5 Å². The molecule has 2 N–H and O–H groups in total. The summed E-state index contributed by atoms with van der Waals surface area (Å²) in [7, 11) is 3.22. The highest BCUT2D eigenvalue weighted by molar-refractivity contribution is 7.98. The summed E-state index contributed by atoms with van der Waals surface area (Å²) >= 11 is 1.74. The zero-order chi connectivity index (χ0) is 24.5. The molecule has 1 aromatic heterocycles. The van der Waals surface area contributed by atoms with Crippen LogP contribution >= 0.6 is 11.8 Å². The van der Waals surface area contributed by atoms with E-state index in [1.807, 2.05) is 36.4 Å². The van der Waals surface area contributed by atoms with Gasteiger partial charge < -0.3 is 24.6 Å². The Morgan fingerprint density at radius 3 is 2.74 bits per heavy atom. The number of piperidine rings is 1. The van der Waals surface area contributed by atoms with Crippen LogP contribution in [0.3, 0.4) is 0 Å². The number of hydrogen-bond donors (Lipinski definition) is 2. The monoisotopic (exact) mass is 495 g/mol. The molecule has 0 aliphatic carbocycles. The minimum Gasteiger partial charge on any atom is -0.493 e. The van der Waals surface area contributed by atoms with E-state index in [0.717, 1.165) is 48.7 Å². The number of hydrogen-bond acceptors (Lipinski definition) is 7. The van der Waals surface area contributed by atoms with Crippen LogP contribution in [0.15, 0.2) is 64.0 Å². The first-order valence-corrected chi connectivity index (χ1v) is 12.9. The van der Waals surface area contributed by atoms with Crippen LogP contribution in [0.1, 0.15) is 29.9 Å². The van der Waals surface area contributed by atoms with Crippen LogP contribution in [0.5, 0.6) is 11.5 Å². The Hall–Kier alpha value is -2.97. The molecule has 2 aromatic carbocycles. The van der Waals surface area contributed by atoms with Gasteiger partial charge in [-0.1, -0.05) is 29.4 Å². The number of thioether (sulfide) groups is 1. The lowest BCUT2D eigenvalue weighted by molar-refractivity contribution is -0.122. The van der Waals surface area contributed by atoms with E-state index in [4.69, 9.17) is 14.0 Å². The molecule has 1 amide bonds. The summed E-state index contributed by atoms with van der Waals surface area (Å²) in [6.07, 6.45) is 2.29. The fourth-order valence-electron chi connectivity index (χ4n) is 4.45. The Balaban J connectivity index is 1.28. The van der Waals surface area contributed by atoms with E-state index in [2.05, 4.69) is 34.0 Å². The molecule has 0 radical (unpaired) electrons. The van der Waals surface area contributed by atoms with Crippen LogP contribution < -0.4 is 20.1 Å². The molecule has 4 rings (SSSR count). The molecule has 0 spiro atoms. The first-order valence-electron chi connectivity index (χ1n) is 11.9. The highest BCUT2D eigenvalue weighted by Gasteiger charge is 2.28. The molecule has 35 heavy (non-hydrogen) atoms. The fourth-order valence-corrected chi connectivity index (χ4v) is 5.24. The van der Waals surface area contributed by atoms with Crippen LogP contribution in [0.2, 0.25) is 0 Å². The average Bonchev–Trinajstić information content (AvgIpc) is 3.35. The van der Waals surface area contributed by atoms with E-state index >= 15 is 0 Å². The van der Waals surface area contributed by atoms with Crippen molar-refractivity contribution in [3.05, 3.63) is 71.6 Å². The highest BCUT2D eigenvalue weighted by Crippen LogP contribution is 2.29. The topological polar surface area (TPSA) is 85.6 Å². The van der Waals surface area contributed by atoms with Gasteiger partial charge in [-0.3, -0.25) is 4.79 Å². The predicted octanol–water partition coefficient (Wildman–Crippen LogP) is 4.46. The van der Waals surface area contributed by atoms with Gasteiger partial charge in [0.15, 0.2) is 11.5 Å². The number of carbonyl (C=O) groups is 1. The zero-order valence-corrected chi connectivity index (χ0v) is 21.1. The van der Waals surface area contributed by atoms with Gasteiger partial charge >= 0.3 is 0 Å². The minimum absolute atomic E-state index is 0.0665. The lowest BCUT2D eigenvalue weighted by Gasteiger charge is -2.31. The van der Waals surface area contributed by atoms with E-state index in [-0.39, 0.29) is 5.91 Å². The Labute approximate surface area is 210 Å². The van der Waals surface area contributed by atoms with Gasteiger partial charge in [0.25, 0.3) is 0 Å². The lowest BCUT2D eigenvalue weighted by Crippen LogP contribution is -2.40. The third kappa shape index (κ3) is 7.26. The van der Waals surface area contributed by atoms with Crippen molar-refractivity contribution in [1.82, 2.24) is 15.8 Å². The third-order valence-electron chi connectivity index (χ3n) is 6.35. The van der Waals surface area contributed by atoms with Crippen molar-refractivity contribution in [2.45, 2.75) is 36.5 Å². The second kappa shape index (κ2) is 12.7. The molecule has 2 heterocycles. The maximum absolute atomic E-state index is 12.8. The predicted molar refractivity (Wildman–Crippen MR) is 137 cm³/mol. The van der Waals surface area contributed by atoms with Crippen LogP contribution in [-0.4, -0.2) is 38.4 Å². The molecular formula is C27H33N3O4S. The number of ether oxygens (including phenoxy) is 2. The van der Waals surface area contributed by atoms with Crippen molar-refractivity contribution in [3.8, 4) is 11.5 Å². The summed E-state index contributed by atoms with van der Waals surface area (Å²) in [6, 6.07) is 18.0. The number of carbonyl (C=O) groups excluding carboxylic acids is 1. The van der Waals surface area contributed by atoms with E-state index in [1.54, 1.807) is 26.0 Å². The summed E-state index contributed by atoms with van der Waals surface area (Å²) in [5, 5.41) is 10.8. The largest absolute Gasteiger partial charge is 0.493 e. The van der Waals surface area contributed by atoms with Gasteiger partial charge in [0.1, 0.15) is 5.76 Å². The summed E-state index contributed by atoms with van der Waals surface area (Å²) in [5.41, 5.74) is 1.93. The van der Waals surface area contributed by atoms with Gasteiger partial charge in [-0.2, -0.15) is 0 Å². The summed E-state index contributed by atoms with van der Waals surface area (Å²) in [6.45, 7) is 2.27. The van der Waals surface area contributed by atoms with Crippen molar-refractivity contribution < 1.29 is 18.8 Å². The first-order chi connectivity index (χ1) is 17.1. The van der Waals surface area contributed by atoms with E-state index in [0.29, 0.717) is 36.3 Å². The molecule has 2 atom stereocenters. The maximum Gasteiger partial charge on any atom is 0.220 e. The summed E-state index contributed by atoms with van der Waals surface area (Å²) in [5.74, 6) is 3.68. The molecule has 186 valence electrons. The molecule has 8 heteroatoms. The van der Waals surface area contributed by atoms with Gasteiger partial charge in [0.2, 0.25) is 5.91 Å². The van der Waals surface area contributed by atoms with E-state index < -0.39 is 0 Å². The molecule has 3 aromatic rings. The fraction of sp³-hybridized carbons (Fsp3) is 0.407. The SMILES string of the molecule is COc1ccc(CNC(=O)CC2CCNCC2Cc2cc(CSc3ccccc3)on2)cc1OC. The minimum atomic E-state index is 0.0665. The second-order valence-corrected chi connectivity index (χ2v) is 9.82. The number of benzene rings is 2. The smallest absolute Gasteiger partial charge is 0.220 e. The number of nitrogens with one attached hydrogen (secondary N) is 2. The first kappa shape index (κ1) is 25.1.